The summed E-state index contributed by atoms with van der Waals surface area (Å²) >= 11 is 1.43. The van der Waals surface area contributed by atoms with Gasteiger partial charge in [0.15, 0.2) is 0 Å². The quantitative estimate of drug-likeness (QED) is 0.743. The number of rotatable bonds is 3. The minimum atomic E-state index is 0.522. The SMILES string of the molecule is CCc1cc(-c2nnc(SC)o2)n(C)n1. The Labute approximate surface area is 91.9 Å². The van der Waals surface area contributed by atoms with Gasteiger partial charge in [-0.25, -0.2) is 0 Å². The van der Waals surface area contributed by atoms with Crippen LogP contribution in [0.3, 0.4) is 0 Å². The van der Waals surface area contributed by atoms with Crippen LogP contribution in [-0.4, -0.2) is 26.2 Å². The molecule has 0 unspecified atom stereocenters. The molecule has 6 heteroatoms. The Kier molecular flexibility index (Phi) is 2.77. The van der Waals surface area contributed by atoms with Gasteiger partial charge in [-0.05, 0) is 18.7 Å². The lowest BCUT2D eigenvalue weighted by Gasteiger charge is -1.93. The van der Waals surface area contributed by atoms with Gasteiger partial charge in [-0.3, -0.25) is 4.68 Å². The third-order valence-electron chi connectivity index (χ3n) is 2.09. The van der Waals surface area contributed by atoms with Crippen LogP contribution in [0.2, 0.25) is 0 Å². The first-order chi connectivity index (χ1) is 7.24. The maximum Gasteiger partial charge on any atom is 0.276 e. The Balaban J connectivity index is 2.39. The predicted octanol–water partition coefficient (Wildman–Crippen LogP) is 1.75. The van der Waals surface area contributed by atoms with E-state index in [1.54, 1.807) is 4.68 Å². The lowest BCUT2D eigenvalue weighted by Crippen LogP contribution is -1.94. The molecule has 0 aliphatic rings. The molecule has 0 amide bonds. The van der Waals surface area contributed by atoms with Crippen LogP contribution in [0.5, 0.6) is 0 Å². The molecule has 5 nitrogen and oxygen atoms in total. The summed E-state index contributed by atoms with van der Waals surface area (Å²) < 4.78 is 7.20. The second kappa shape index (κ2) is 4.06. The molecule has 80 valence electrons. The van der Waals surface area contributed by atoms with E-state index in [0.29, 0.717) is 11.1 Å². The zero-order valence-corrected chi connectivity index (χ0v) is 9.71. The second-order valence-electron chi connectivity index (χ2n) is 3.08. The molecule has 2 rings (SSSR count). The highest BCUT2D eigenvalue weighted by atomic mass is 32.2. The van der Waals surface area contributed by atoms with Gasteiger partial charge in [-0.2, -0.15) is 5.10 Å². The van der Waals surface area contributed by atoms with Crippen LogP contribution in [0.1, 0.15) is 12.6 Å². The van der Waals surface area contributed by atoms with E-state index in [9.17, 15) is 0 Å². The van der Waals surface area contributed by atoms with E-state index in [1.165, 1.54) is 11.8 Å². The predicted molar refractivity (Wildman–Crippen MR) is 57.7 cm³/mol. The molecule has 0 radical (unpaired) electrons. The number of aromatic nitrogens is 4. The average Bonchev–Trinajstić information content (AvgIpc) is 2.83. The summed E-state index contributed by atoms with van der Waals surface area (Å²) in [6.45, 7) is 2.06. The molecule has 15 heavy (non-hydrogen) atoms. The summed E-state index contributed by atoms with van der Waals surface area (Å²) in [6, 6.07) is 1.97. The van der Waals surface area contributed by atoms with E-state index >= 15 is 0 Å². The summed E-state index contributed by atoms with van der Waals surface area (Å²) in [5, 5.41) is 12.8. The standard InChI is InChI=1S/C9H12N4OS/c1-4-6-5-7(13(2)12-6)8-10-11-9(14-8)15-3/h5H,4H2,1-3H3. The monoisotopic (exact) mass is 224 g/mol. The van der Waals surface area contributed by atoms with Crippen LogP contribution in [-0.2, 0) is 13.5 Å². The topological polar surface area (TPSA) is 56.7 Å². The average molecular weight is 224 g/mol. The van der Waals surface area contributed by atoms with Crippen LogP contribution in [0.25, 0.3) is 11.6 Å². The summed E-state index contributed by atoms with van der Waals surface area (Å²) in [5.74, 6) is 0.522. The normalized spacial score (nSPS) is 10.9. The van der Waals surface area contributed by atoms with Crippen molar-refractivity contribution in [2.45, 2.75) is 18.6 Å². The van der Waals surface area contributed by atoms with Crippen molar-refractivity contribution in [1.29, 1.82) is 0 Å². The molecule has 0 bridgehead atoms. The Morgan fingerprint density at radius 1 is 1.47 bits per heavy atom. The number of hydrogen-bond acceptors (Lipinski definition) is 5. The first kappa shape index (κ1) is 10.2. The van der Waals surface area contributed by atoms with Crippen molar-refractivity contribution in [3.8, 4) is 11.6 Å². The summed E-state index contributed by atoms with van der Waals surface area (Å²) in [4.78, 5) is 0. The third kappa shape index (κ3) is 1.90. The van der Waals surface area contributed by atoms with Crippen LogP contribution < -0.4 is 0 Å². The summed E-state index contributed by atoms with van der Waals surface area (Å²) in [5.41, 5.74) is 1.89. The fourth-order valence-electron chi connectivity index (χ4n) is 1.30. The van der Waals surface area contributed by atoms with Gasteiger partial charge in [0.2, 0.25) is 0 Å². The second-order valence-corrected chi connectivity index (χ2v) is 3.83. The highest BCUT2D eigenvalue weighted by Gasteiger charge is 2.13. The molecule has 0 atom stereocenters. The van der Waals surface area contributed by atoms with Crippen LogP contribution in [0.15, 0.2) is 15.7 Å². The largest absolute Gasteiger partial charge is 0.410 e. The summed E-state index contributed by atoms with van der Waals surface area (Å²) in [6.07, 6.45) is 2.80. The number of hydrogen-bond donors (Lipinski definition) is 0. The number of aryl methyl sites for hydroxylation is 2. The van der Waals surface area contributed by atoms with Gasteiger partial charge < -0.3 is 4.42 Å². The van der Waals surface area contributed by atoms with E-state index in [4.69, 9.17) is 4.42 Å². The van der Waals surface area contributed by atoms with E-state index in [-0.39, 0.29) is 0 Å². The molecule has 0 saturated heterocycles. The van der Waals surface area contributed by atoms with Gasteiger partial charge in [0.05, 0.1) is 5.69 Å². The highest BCUT2D eigenvalue weighted by molar-refractivity contribution is 7.98. The van der Waals surface area contributed by atoms with E-state index in [2.05, 4.69) is 22.2 Å². The molecule has 0 fully saturated rings. The van der Waals surface area contributed by atoms with Gasteiger partial charge in [-0.1, -0.05) is 18.7 Å². The molecule has 0 N–H and O–H groups in total. The van der Waals surface area contributed by atoms with E-state index in [0.717, 1.165) is 17.8 Å². The van der Waals surface area contributed by atoms with Gasteiger partial charge in [0.25, 0.3) is 11.1 Å². The summed E-state index contributed by atoms with van der Waals surface area (Å²) in [7, 11) is 1.87. The van der Waals surface area contributed by atoms with Gasteiger partial charge in [0, 0.05) is 7.05 Å². The van der Waals surface area contributed by atoms with Gasteiger partial charge in [-0.15, -0.1) is 10.2 Å². The van der Waals surface area contributed by atoms with Crippen molar-refractivity contribution in [1.82, 2.24) is 20.0 Å². The van der Waals surface area contributed by atoms with Crippen molar-refractivity contribution in [3.05, 3.63) is 11.8 Å². The first-order valence-corrected chi connectivity index (χ1v) is 5.88. The van der Waals surface area contributed by atoms with Crippen molar-refractivity contribution >= 4 is 11.8 Å². The Bertz CT molecular complexity index is 462. The number of thioether (sulfide) groups is 1. The van der Waals surface area contributed by atoms with E-state index < -0.39 is 0 Å². The Morgan fingerprint density at radius 3 is 2.80 bits per heavy atom. The van der Waals surface area contributed by atoms with Crippen LogP contribution in [0, 0.1) is 0 Å². The minimum absolute atomic E-state index is 0.522. The third-order valence-corrected chi connectivity index (χ3v) is 2.61. The van der Waals surface area contributed by atoms with Crippen molar-refractivity contribution in [2.24, 2.45) is 7.05 Å². The zero-order chi connectivity index (χ0) is 10.8. The molecular weight excluding hydrogens is 212 g/mol. The maximum absolute atomic E-state index is 5.44. The molecule has 0 aliphatic carbocycles. The van der Waals surface area contributed by atoms with Crippen molar-refractivity contribution in [2.75, 3.05) is 6.26 Å². The molecule has 0 aromatic carbocycles. The van der Waals surface area contributed by atoms with Gasteiger partial charge >= 0.3 is 0 Å². The highest BCUT2D eigenvalue weighted by Crippen LogP contribution is 2.21. The lowest BCUT2D eigenvalue weighted by molar-refractivity contribution is 0.462. The Hall–Kier alpha value is -1.30. The molecule has 0 saturated carbocycles. The molecule has 2 aromatic heterocycles. The molecule has 0 spiro atoms. The molecule has 0 aliphatic heterocycles. The fourth-order valence-corrected chi connectivity index (χ4v) is 1.58. The Morgan fingerprint density at radius 2 is 2.27 bits per heavy atom. The zero-order valence-electron chi connectivity index (χ0n) is 8.89. The minimum Gasteiger partial charge on any atom is -0.410 e. The molecule has 2 heterocycles. The lowest BCUT2D eigenvalue weighted by atomic mass is 10.3. The van der Waals surface area contributed by atoms with Crippen LogP contribution >= 0.6 is 11.8 Å². The van der Waals surface area contributed by atoms with Crippen LogP contribution in [0.4, 0.5) is 0 Å². The first-order valence-electron chi connectivity index (χ1n) is 4.65. The molecule has 2 aromatic rings. The maximum atomic E-state index is 5.44. The van der Waals surface area contributed by atoms with Crippen molar-refractivity contribution in [3.63, 3.8) is 0 Å². The molecular formula is C9H12N4OS. The van der Waals surface area contributed by atoms with E-state index in [1.807, 2.05) is 19.4 Å². The number of nitrogens with zero attached hydrogens (tertiary/aromatic N) is 4. The van der Waals surface area contributed by atoms with Gasteiger partial charge in [0.1, 0.15) is 5.69 Å². The van der Waals surface area contributed by atoms with Crippen molar-refractivity contribution < 1.29 is 4.42 Å². The smallest absolute Gasteiger partial charge is 0.276 e. The fraction of sp³-hybridized carbons (Fsp3) is 0.444.